The number of thiocarbonyl (C=S) groups is 1. The minimum atomic E-state index is 0.00387. The van der Waals surface area contributed by atoms with Gasteiger partial charge in [-0.2, -0.15) is 0 Å². The van der Waals surface area contributed by atoms with Gasteiger partial charge in [0.25, 0.3) is 5.56 Å². The van der Waals surface area contributed by atoms with E-state index in [1.807, 2.05) is 29.9 Å². The standard InChI is InChI=1S/C24H30N4OS/c1-16-11-17(2)13-18(12-16)15-28-22-10-9-20(14-21(22)23(29)27(28)3)26-24(30)25-19-7-5-4-6-8-19/h9-14,19H,4-8,15H2,1-3H3,(H2,25,26,30). The van der Waals surface area contributed by atoms with E-state index in [0.717, 1.165) is 11.2 Å². The Morgan fingerprint density at radius 3 is 2.47 bits per heavy atom. The number of nitrogens with one attached hydrogen (secondary N) is 2. The summed E-state index contributed by atoms with van der Waals surface area (Å²) >= 11 is 5.50. The molecule has 0 aliphatic heterocycles. The highest BCUT2D eigenvalue weighted by Crippen LogP contribution is 2.20. The molecule has 30 heavy (non-hydrogen) atoms. The lowest BCUT2D eigenvalue weighted by Gasteiger charge is -2.24. The summed E-state index contributed by atoms with van der Waals surface area (Å²) in [7, 11) is 1.83. The Bertz CT molecular complexity index is 1120. The SMILES string of the molecule is Cc1cc(C)cc(Cn2c3ccc(NC(=S)NC4CCCCC4)cc3c(=O)n2C)c1. The lowest BCUT2D eigenvalue weighted by atomic mass is 9.96. The molecule has 1 aromatic heterocycles. The Morgan fingerprint density at radius 1 is 1.07 bits per heavy atom. The smallest absolute Gasteiger partial charge is 0.274 e. The molecule has 2 aromatic carbocycles. The van der Waals surface area contributed by atoms with Crippen LogP contribution in [-0.2, 0) is 13.6 Å². The van der Waals surface area contributed by atoms with Crippen molar-refractivity contribution in [2.24, 2.45) is 7.05 Å². The van der Waals surface area contributed by atoms with Crippen molar-refractivity contribution in [3.05, 3.63) is 63.4 Å². The van der Waals surface area contributed by atoms with Gasteiger partial charge in [0.1, 0.15) is 0 Å². The van der Waals surface area contributed by atoms with E-state index in [9.17, 15) is 4.79 Å². The highest BCUT2D eigenvalue weighted by molar-refractivity contribution is 7.80. The fraction of sp³-hybridized carbons (Fsp3) is 0.417. The van der Waals surface area contributed by atoms with Crippen LogP contribution in [0.3, 0.4) is 0 Å². The van der Waals surface area contributed by atoms with Crippen LogP contribution in [0.15, 0.2) is 41.2 Å². The normalized spacial score (nSPS) is 14.8. The van der Waals surface area contributed by atoms with Gasteiger partial charge in [0, 0.05) is 18.8 Å². The minimum Gasteiger partial charge on any atom is -0.360 e. The molecule has 1 aliphatic carbocycles. The first-order chi connectivity index (χ1) is 14.4. The molecule has 6 heteroatoms. The summed E-state index contributed by atoms with van der Waals surface area (Å²) in [5.74, 6) is 0. The van der Waals surface area contributed by atoms with E-state index in [0.29, 0.717) is 23.1 Å². The Morgan fingerprint density at radius 2 is 1.77 bits per heavy atom. The number of hydrogen-bond donors (Lipinski definition) is 2. The molecule has 5 nitrogen and oxygen atoms in total. The van der Waals surface area contributed by atoms with E-state index in [-0.39, 0.29) is 5.56 Å². The second kappa shape index (κ2) is 8.64. The Hall–Kier alpha value is -2.60. The molecular formula is C24H30N4OS. The van der Waals surface area contributed by atoms with Gasteiger partial charge in [-0.1, -0.05) is 48.6 Å². The van der Waals surface area contributed by atoms with Crippen molar-refractivity contribution in [3.8, 4) is 0 Å². The number of anilines is 1. The summed E-state index contributed by atoms with van der Waals surface area (Å²) in [6.45, 7) is 4.86. The summed E-state index contributed by atoms with van der Waals surface area (Å²) in [6, 6.07) is 12.9. The van der Waals surface area contributed by atoms with Crippen LogP contribution in [0.4, 0.5) is 5.69 Å². The van der Waals surface area contributed by atoms with Crippen molar-refractivity contribution in [2.45, 2.75) is 58.5 Å². The topological polar surface area (TPSA) is 51.0 Å². The monoisotopic (exact) mass is 422 g/mol. The van der Waals surface area contributed by atoms with Gasteiger partial charge in [0.05, 0.1) is 17.4 Å². The number of nitrogens with zero attached hydrogens (tertiary/aromatic N) is 2. The zero-order valence-electron chi connectivity index (χ0n) is 18.0. The maximum absolute atomic E-state index is 12.9. The molecule has 0 radical (unpaired) electrons. The van der Waals surface area contributed by atoms with Crippen molar-refractivity contribution in [1.29, 1.82) is 0 Å². The van der Waals surface area contributed by atoms with E-state index in [1.54, 1.807) is 4.68 Å². The maximum Gasteiger partial charge on any atom is 0.274 e. The highest BCUT2D eigenvalue weighted by Gasteiger charge is 2.15. The van der Waals surface area contributed by atoms with Crippen molar-refractivity contribution < 1.29 is 0 Å². The summed E-state index contributed by atoms with van der Waals surface area (Å²) < 4.78 is 3.74. The molecule has 0 spiro atoms. The Balaban J connectivity index is 1.57. The summed E-state index contributed by atoms with van der Waals surface area (Å²) in [4.78, 5) is 12.9. The van der Waals surface area contributed by atoms with Gasteiger partial charge in [-0.05, 0) is 62.7 Å². The fourth-order valence-electron chi connectivity index (χ4n) is 4.58. The van der Waals surface area contributed by atoms with Crippen LogP contribution in [0.2, 0.25) is 0 Å². The Kier molecular flexibility index (Phi) is 5.95. The average molecular weight is 423 g/mol. The summed E-state index contributed by atoms with van der Waals surface area (Å²) in [6.07, 6.45) is 6.18. The molecule has 1 aliphatic rings. The average Bonchev–Trinajstić information content (AvgIpc) is 2.92. The van der Waals surface area contributed by atoms with Gasteiger partial charge in [0.2, 0.25) is 0 Å². The van der Waals surface area contributed by atoms with E-state index in [4.69, 9.17) is 12.2 Å². The number of rotatable bonds is 4. The predicted molar refractivity (Wildman–Crippen MR) is 128 cm³/mol. The van der Waals surface area contributed by atoms with Gasteiger partial charge >= 0.3 is 0 Å². The van der Waals surface area contributed by atoms with E-state index < -0.39 is 0 Å². The van der Waals surface area contributed by atoms with Crippen molar-refractivity contribution in [2.75, 3.05) is 5.32 Å². The molecule has 158 valence electrons. The molecule has 3 aromatic rings. The summed E-state index contributed by atoms with van der Waals surface area (Å²) in [5.41, 5.74) is 5.44. The second-order valence-corrected chi connectivity index (χ2v) is 8.96. The lowest BCUT2D eigenvalue weighted by molar-refractivity contribution is 0.415. The first kappa shape index (κ1) is 20.7. The summed E-state index contributed by atoms with van der Waals surface area (Å²) in [5, 5.41) is 8.02. The molecule has 4 rings (SSSR count). The predicted octanol–water partition coefficient (Wildman–Crippen LogP) is 4.62. The molecule has 0 amide bonds. The molecular weight excluding hydrogens is 392 g/mol. The van der Waals surface area contributed by atoms with Crippen LogP contribution in [0.5, 0.6) is 0 Å². The van der Waals surface area contributed by atoms with Crippen molar-refractivity contribution in [3.63, 3.8) is 0 Å². The van der Waals surface area contributed by atoms with E-state index in [2.05, 4.69) is 42.7 Å². The van der Waals surface area contributed by atoms with Crippen LogP contribution in [0.25, 0.3) is 10.9 Å². The highest BCUT2D eigenvalue weighted by atomic mass is 32.1. The first-order valence-corrected chi connectivity index (χ1v) is 11.2. The molecule has 0 unspecified atom stereocenters. The fourth-order valence-corrected chi connectivity index (χ4v) is 4.86. The molecule has 0 atom stereocenters. The minimum absolute atomic E-state index is 0.00387. The van der Waals surface area contributed by atoms with Crippen LogP contribution >= 0.6 is 12.2 Å². The number of aryl methyl sites for hydroxylation is 2. The third kappa shape index (κ3) is 4.43. The lowest BCUT2D eigenvalue weighted by Crippen LogP contribution is -2.38. The number of hydrogen-bond acceptors (Lipinski definition) is 2. The van der Waals surface area contributed by atoms with Gasteiger partial charge in [-0.3, -0.25) is 14.2 Å². The van der Waals surface area contributed by atoms with Crippen LogP contribution in [-0.4, -0.2) is 20.5 Å². The van der Waals surface area contributed by atoms with E-state index >= 15 is 0 Å². The molecule has 2 N–H and O–H groups in total. The van der Waals surface area contributed by atoms with Crippen molar-refractivity contribution >= 4 is 33.9 Å². The van der Waals surface area contributed by atoms with Crippen molar-refractivity contribution in [1.82, 2.24) is 14.7 Å². The molecule has 0 bridgehead atoms. The molecule has 1 saturated carbocycles. The molecule has 1 fully saturated rings. The Labute approximate surface area is 183 Å². The first-order valence-electron chi connectivity index (χ1n) is 10.7. The number of benzene rings is 2. The van der Waals surface area contributed by atoms with Crippen LogP contribution in [0, 0.1) is 13.8 Å². The zero-order chi connectivity index (χ0) is 21.3. The van der Waals surface area contributed by atoms with Gasteiger partial charge in [-0.25, -0.2) is 0 Å². The van der Waals surface area contributed by atoms with Gasteiger partial charge in [0.15, 0.2) is 5.11 Å². The second-order valence-electron chi connectivity index (χ2n) is 8.55. The molecule has 1 heterocycles. The van der Waals surface area contributed by atoms with Crippen LogP contribution < -0.4 is 16.2 Å². The third-order valence-electron chi connectivity index (χ3n) is 5.97. The third-order valence-corrected chi connectivity index (χ3v) is 6.19. The largest absolute Gasteiger partial charge is 0.360 e. The van der Waals surface area contributed by atoms with Crippen LogP contribution in [0.1, 0.15) is 48.8 Å². The quantitative estimate of drug-likeness (QED) is 0.602. The molecule has 0 saturated heterocycles. The maximum atomic E-state index is 12.9. The van der Waals surface area contributed by atoms with Gasteiger partial charge in [-0.15, -0.1) is 0 Å². The zero-order valence-corrected chi connectivity index (χ0v) is 18.8. The van der Waals surface area contributed by atoms with Gasteiger partial charge < -0.3 is 10.6 Å². The number of aromatic nitrogens is 2. The number of fused-ring (bicyclic) bond motifs is 1. The van der Waals surface area contributed by atoms with E-state index in [1.165, 1.54) is 48.8 Å².